The molecule has 0 aliphatic carbocycles. The average molecular weight is 290 g/mol. The molecule has 0 spiro atoms. The SMILES string of the molecule is CCC1OCCC1C(=O)N(CCCN)c1ccc(C)cc1. The van der Waals surface area contributed by atoms with Crippen LogP contribution in [0.1, 0.15) is 31.7 Å². The van der Waals surface area contributed by atoms with Gasteiger partial charge >= 0.3 is 0 Å². The number of carbonyl (C=O) groups is 1. The second-order valence-corrected chi connectivity index (χ2v) is 5.68. The molecular weight excluding hydrogens is 264 g/mol. The first-order chi connectivity index (χ1) is 10.2. The van der Waals surface area contributed by atoms with E-state index >= 15 is 0 Å². The summed E-state index contributed by atoms with van der Waals surface area (Å²) in [6.45, 7) is 6.08. The van der Waals surface area contributed by atoms with Gasteiger partial charge in [-0.2, -0.15) is 0 Å². The first-order valence-corrected chi connectivity index (χ1v) is 7.87. The first kappa shape index (κ1) is 16.0. The normalized spacial score (nSPS) is 21.5. The van der Waals surface area contributed by atoms with Gasteiger partial charge in [0, 0.05) is 18.8 Å². The van der Waals surface area contributed by atoms with Gasteiger partial charge in [0.25, 0.3) is 0 Å². The lowest BCUT2D eigenvalue weighted by Crippen LogP contribution is -2.40. The lowest BCUT2D eigenvalue weighted by molar-refractivity contribution is -0.124. The summed E-state index contributed by atoms with van der Waals surface area (Å²) in [6.07, 6.45) is 2.57. The van der Waals surface area contributed by atoms with E-state index in [0.717, 1.165) is 24.9 Å². The molecule has 1 aliphatic rings. The Bertz CT molecular complexity index is 458. The van der Waals surface area contributed by atoms with Crippen molar-refractivity contribution in [2.45, 2.75) is 39.2 Å². The highest BCUT2D eigenvalue weighted by atomic mass is 16.5. The number of hydrogen-bond donors (Lipinski definition) is 1. The molecule has 1 saturated heterocycles. The molecule has 1 aromatic rings. The highest BCUT2D eigenvalue weighted by Gasteiger charge is 2.35. The summed E-state index contributed by atoms with van der Waals surface area (Å²) in [7, 11) is 0. The van der Waals surface area contributed by atoms with E-state index in [1.807, 2.05) is 36.1 Å². The van der Waals surface area contributed by atoms with E-state index in [4.69, 9.17) is 10.5 Å². The van der Waals surface area contributed by atoms with Gasteiger partial charge in [0.05, 0.1) is 12.0 Å². The number of nitrogens with two attached hydrogens (primary N) is 1. The quantitative estimate of drug-likeness (QED) is 0.875. The van der Waals surface area contributed by atoms with Crippen molar-refractivity contribution in [2.24, 2.45) is 11.7 Å². The first-order valence-electron chi connectivity index (χ1n) is 7.87. The van der Waals surface area contributed by atoms with Gasteiger partial charge in [-0.1, -0.05) is 24.6 Å². The second-order valence-electron chi connectivity index (χ2n) is 5.68. The van der Waals surface area contributed by atoms with Gasteiger partial charge in [0.1, 0.15) is 0 Å². The minimum absolute atomic E-state index is 0.0194. The molecule has 4 nitrogen and oxygen atoms in total. The number of hydrogen-bond acceptors (Lipinski definition) is 3. The predicted molar refractivity (Wildman–Crippen MR) is 85.3 cm³/mol. The maximum atomic E-state index is 12.9. The Morgan fingerprint density at radius 3 is 2.71 bits per heavy atom. The fraction of sp³-hybridized carbons (Fsp3) is 0.588. The molecule has 4 heteroatoms. The van der Waals surface area contributed by atoms with Gasteiger partial charge in [0.15, 0.2) is 0 Å². The molecule has 0 saturated carbocycles. The van der Waals surface area contributed by atoms with E-state index in [0.29, 0.717) is 19.7 Å². The topological polar surface area (TPSA) is 55.6 Å². The maximum Gasteiger partial charge on any atom is 0.232 e. The summed E-state index contributed by atoms with van der Waals surface area (Å²) >= 11 is 0. The van der Waals surface area contributed by atoms with E-state index in [1.54, 1.807) is 0 Å². The molecular formula is C17H26N2O2. The zero-order chi connectivity index (χ0) is 15.2. The minimum atomic E-state index is -0.0194. The zero-order valence-corrected chi connectivity index (χ0v) is 13.0. The van der Waals surface area contributed by atoms with E-state index in [1.165, 1.54) is 5.56 Å². The zero-order valence-electron chi connectivity index (χ0n) is 13.0. The predicted octanol–water partition coefficient (Wildman–Crippen LogP) is 2.49. The van der Waals surface area contributed by atoms with Gasteiger partial charge in [-0.25, -0.2) is 0 Å². The molecule has 1 heterocycles. The summed E-state index contributed by atoms with van der Waals surface area (Å²) in [6, 6.07) is 8.11. The fourth-order valence-corrected chi connectivity index (χ4v) is 2.87. The van der Waals surface area contributed by atoms with Crippen LogP contribution >= 0.6 is 0 Å². The molecule has 2 unspecified atom stereocenters. The molecule has 1 aliphatic heterocycles. The number of anilines is 1. The number of ether oxygens (including phenoxy) is 1. The van der Waals surface area contributed by atoms with Crippen molar-refractivity contribution in [3.63, 3.8) is 0 Å². The second kappa shape index (κ2) is 7.57. The molecule has 2 rings (SSSR count). The van der Waals surface area contributed by atoms with Gasteiger partial charge in [-0.3, -0.25) is 4.79 Å². The standard InChI is InChI=1S/C17H26N2O2/c1-3-16-15(9-12-21-16)17(20)19(11-4-10-18)14-7-5-13(2)6-8-14/h5-8,15-16H,3-4,9-12,18H2,1-2H3. The van der Waals surface area contributed by atoms with Crippen LogP contribution in [0, 0.1) is 12.8 Å². The van der Waals surface area contributed by atoms with Crippen LogP contribution in [-0.2, 0) is 9.53 Å². The van der Waals surface area contributed by atoms with E-state index in [9.17, 15) is 4.79 Å². The lowest BCUT2D eigenvalue weighted by Gasteiger charge is -2.27. The van der Waals surface area contributed by atoms with Crippen LogP contribution in [0.3, 0.4) is 0 Å². The lowest BCUT2D eigenvalue weighted by atomic mass is 9.97. The Balaban J connectivity index is 2.18. The van der Waals surface area contributed by atoms with Crippen molar-refractivity contribution in [2.75, 3.05) is 24.6 Å². The number of aryl methyl sites for hydroxylation is 1. The number of carbonyl (C=O) groups excluding carboxylic acids is 1. The summed E-state index contributed by atoms with van der Waals surface area (Å²) in [5, 5.41) is 0. The van der Waals surface area contributed by atoms with Crippen LogP contribution in [-0.4, -0.2) is 31.7 Å². The van der Waals surface area contributed by atoms with Crippen molar-refractivity contribution < 1.29 is 9.53 Å². The Morgan fingerprint density at radius 1 is 1.38 bits per heavy atom. The third-order valence-corrected chi connectivity index (χ3v) is 4.13. The van der Waals surface area contributed by atoms with E-state index in [-0.39, 0.29) is 17.9 Å². The third kappa shape index (κ3) is 3.83. The van der Waals surface area contributed by atoms with Crippen molar-refractivity contribution in [3.05, 3.63) is 29.8 Å². The van der Waals surface area contributed by atoms with Gasteiger partial charge in [0.2, 0.25) is 5.91 Å². The highest BCUT2D eigenvalue weighted by molar-refractivity contribution is 5.95. The molecule has 0 radical (unpaired) electrons. The van der Waals surface area contributed by atoms with Crippen LogP contribution in [0.15, 0.2) is 24.3 Å². The molecule has 1 aromatic carbocycles. The van der Waals surface area contributed by atoms with Crippen molar-refractivity contribution in [1.29, 1.82) is 0 Å². The molecule has 0 aromatic heterocycles. The number of nitrogens with zero attached hydrogens (tertiary/aromatic N) is 1. The Morgan fingerprint density at radius 2 is 2.10 bits per heavy atom. The van der Waals surface area contributed by atoms with Crippen LogP contribution < -0.4 is 10.6 Å². The Labute approximate surface area is 127 Å². The third-order valence-electron chi connectivity index (χ3n) is 4.13. The monoisotopic (exact) mass is 290 g/mol. The van der Waals surface area contributed by atoms with Gasteiger partial charge in [-0.05, 0) is 44.9 Å². The number of amides is 1. The largest absolute Gasteiger partial charge is 0.377 e. The molecule has 1 fully saturated rings. The fourth-order valence-electron chi connectivity index (χ4n) is 2.87. The Hall–Kier alpha value is -1.39. The highest BCUT2D eigenvalue weighted by Crippen LogP contribution is 2.28. The molecule has 0 bridgehead atoms. The molecule has 1 amide bonds. The summed E-state index contributed by atoms with van der Waals surface area (Å²) in [4.78, 5) is 14.8. The number of rotatable bonds is 6. The van der Waals surface area contributed by atoms with E-state index < -0.39 is 0 Å². The molecule has 2 atom stereocenters. The maximum absolute atomic E-state index is 12.9. The summed E-state index contributed by atoms with van der Waals surface area (Å²) in [5.41, 5.74) is 7.78. The minimum Gasteiger partial charge on any atom is -0.377 e. The van der Waals surface area contributed by atoms with Crippen LogP contribution in [0.4, 0.5) is 5.69 Å². The molecule has 116 valence electrons. The average Bonchev–Trinajstić information content (AvgIpc) is 2.97. The number of benzene rings is 1. The molecule has 2 N–H and O–H groups in total. The smallest absolute Gasteiger partial charge is 0.232 e. The van der Waals surface area contributed by atoms with Crippen LogP contribution in [0.2, 0.25) is 0 Å². The summed E-state index contributed by atoms with van der Waals surface area (Å²) in [5.74, 6) is 0.158. The Kier molecular flexibility index (Phi) is 5.76. The molecule has 21 heavy (non-hydrogen) atoms. The van der Waals surface area contributed by atoms with Crippen molar-refractivity contribution in [3.8, 4) is 0 Å². The van der Waals surface area contributed by atoms with Crippen LogP contribution in [0.25, 0.3) is 0 Å². The summed E-state index contributed by atoms with van der Waals surface area (Å²) < 4.78 is 5.67. The van der Waals surface area contributed by atoms with E-state index in [2.05, 4.69) is 6.92 Å². The van der Waals surface area contributed by atoms with Crippen molar-refractivity contribution in [1.82, 2.24) is 0 Å². The van der Waals surface area contributed by atoms with Gasteiger partial charge in [-0.15, -0.1) is 0 Å². The van der Waals surface area contributed by atoms with Crippen LogP contribution in [0.5, 0.6) is 0 Å². The van der Waals surface area contributed by atoms with Gasteiger partial charge < -0.3 is 15.4 Å². The van der Waals surface area contributed by atoms with Crippen molar-refractivity contribution >= 4 is 11.6 Å².